The number of hydrogen-bond donors (Lipinski definition) is 1. The third-order valence-corrected chi connectivity index (χ3v) is 1.27. The second-order valence-electron chi connectivity index (χ2n) is 2.05. The SMILES string of the molecule is O=c1[nH]nc(-c2ccnnc2)o1. The van der Waals surface area contributed by atoms with E-state index >= 15 is 0 Å². The highest BCUT2D eigenvalue weighted by atomic mass is 16.4. The molecule has 0 saturated heterocycles. The van der Waals surface area contributed by atoms with E-state index in [2.05, 4.69) is 24.8 Å². The number of hydrogen-bond acceptors (Lipinski definition) is 5. The van der Waals surface area contributed by atoms with Gasteiger partial charge < -0.3 is 4.42 Å². The van der Waals surface area contributed by atoms with E-state index < -0.39 is 5.76 Å². The van der Waals surface area contributed by atoms with Crippen LogP contribution in [0.5, 0.6) is 0 Å². The molecule has 2 aromatic rings. The van der Waals surface area contributed by atoms with Crippen LogP contribution in [0.4, 0.5) is 0 Å². The molecule has 0 atom stereocenters. The fraction of sp³-hybridized carbons (Fsp3) is 0. The summed E-state index contributed by atoms with van der Waals surface area (Å²) in [6.07, 6.45) is 2.95. The van der Waals surface area contributed by atoms with Gasteiger partial charge in [0.2, 0.25) is 0 Å². The zero-order valence-corrected chi connectivity index (χ0v) is 5.89. The maximum absolute atomic E-state index is 10.5. The topological polar surface area (TPSA) is 84.7 Å². The Morgan fingerprint density at radius 1 is 1.42 bits per heavy atom. The van der Waals surface area contributed by atoms with Gasteiger partial charge in [-0.3, -0.25) is 0 Å². The van der Waals surface area contributed by atoms with Gasteiger partial charge in [0, 0.05) is 0 Å². The van der Waals surface area contributed by atoms with Crippen molar-refractivity contribution in [2.24, 2.45) is 0 Å². The Bertz CT molecular complexity index is 418. The van der Waals surface area contributed by atoms with Gasteiger partial charge in [-0.25, -0.2) is 9.89 Å². The minimum absolute atomic E-state index is 0.218. The van der Waals surface area contributed by atoms with Crippen molar-refractivity contribution < 1.29 is 4.42 Å². The Morgan fingerprint density at radius 3 is 2.92 bits per heavy atom. The van der Waals surface area contributed by atoms with Gasteiger partial charge in [-0.2, -0.15) is 10.2 Å². The van der Waals surface area contributed by atoms with Crippen molar-refractivity contribution in [2.45, 2.75) is 0 Å². The fourth-order valence-corrected chi connectivity index (χ4v) is 0.771. The van der Waals surface area contributed by atoms with Gasteiger partial charge >= 0.3 is 5.76 Å². The first-order valence-corrected chi connectivity index (χ1v) is 3.19. The second-order valence-corrected chi connectivity index (χ2v) is 2.05. The molecule has 6 nitrogen and oxygen atoms in total. The molecule has 0 radical (unpaired) electrons. The third kappa shape index (κ3) is 1.09. The van der Waals surface area contributed by atoms with E-state index in [0.717, 1.165) is 0 Å². The highest BCUT2D eigenvalue weighted by Gasteiger charge is 2.03. The van der Waals surface area contributed by atoms with Crippen molar-refractivity contribution >= 4 is 0 Å². The molecular weight excluding hydrogens is 160 g/mol. The summed E-state index contributed by atoms with van der Waals surface area (Å²) in [5.41, 5.74) is 0.614. The average Bonchev–Trinajstić information content (AvgIpc) is 2.54. The van der Waals surface area contributed by atoms with Gasteiger partial charge in [0.05, 0.1) is 18.0 Å². The molecule has 6 heteroatoms. The Morgan fingerprint density at radius 2 is 2.33 bits per heavy atom. The number of nitrogens with one attached hydrogen (secondary N) is 1. The molecule has 0 aliphatic carbocycles. The lowest BCUT2D eigenvalue weighted by Crippen LogP contribution is -1.93. The predicted octanol–water partition coefficient (Wildman–Crippen LogP) is -0.180. The highest BCUT2D eigenvalue weighted by Crippen LogP contribution is 2.10. The van der Waals surface area contributed by atoms with Crippen molar-refractivity contribution in [3.8, 4) is 11.5 Å². The molecule has 60 valence electrons. The quantitative estimate of drug-likeness (QED) is 0.631. The number of aromatic nitrogens is 4. The van der Waals surface area contributed by atoms with Crippen molar-refractivity contribution in [2.75, 3.05) is 0 Å². The van der Waals surface area contributed by atoms with E-state index in [1.807, 2.05) is 0 Å². The van der Waals surface area contributed by atoms with Crippen LogP contribution in [0.15, 0.2) is 27.7 Å². The third-order valence-electron chi connectivity index (χ3n) is 1.27. The van der Waals surface area contributed by atoms with Crippen molar-refractivity contribution in [3.63, 3.8) is 0 Å². The highest BCUT2D eigenvalue weighted by molar-refractivity contribution is 5.48. The average molecular weight is 164 g/mol. The summed E-state index contributed by atoms with van der Waals surface area (Å²) in [6.45, 7) is 0. The Balaban J connectivity index is 2.51. The normalized spacial score (nSPS) is 10.0. The molecule has 2 heterocycles. The van der Waals surface area contributed by atoms with E-state index in [1.165, 1.54) is 12.4 Å². The molecule has 0 bridgehead atoms. The summed E-state index contributed by atoms with van der Waals surface area (Å²) >= 11 is 0. The van der Waals surface area contributed by atoms with Crippen molar-refractivity contribution in [1.82, 2.24) is 20.4 Å². The first-order valence-electron chi connectivity index (χ1n) is 3.19. The van der Waals surface area contributed by atoms with Crippen LogP contribution in [0.3, 0.4) is 0 Å². The first kappa shape index (κ1) is 6.71. The summed E-state index contributed by atoms with van der Waals surface area (Å²) in [6, 6.07) is 1.64. The molecule has 1 N–H and O–H groups in total. The molecule has 0 aromatic carbocycles. The van der Waals surface area contributed by atoms with Crippen LogP contribution in [-0.4, -0.2) is 20.4 Å². The molecular formula is C6H4N4O2. The van der Waals surface area contributed by atoms with Gasteiger partial charge in [0.25, 0.3) is 5.89 Å². The Kier molecular flexibility index (Phi) is 1.44. The van der Waals surface area contributed by atoms with Gasteiger partial charge in [-0.1, -0.05) is 0 Å². The van der Waals surface area contributed by atoms with Crippen LogP contribution in [-0.2, 0) is 0 Å². The van der Waals surface area contributed by atoms with Gasteiger partial charge in [-0.05, 0) is 6.07 Å². The minimum atomic E-state index is -0.582. The predicted molar refractivity (Wildman–Crippen MR) is 38.1 cm³/mol. The lowest BCUT2D eigenvalue weighted by molar-refractivity contribution is 0.526. The standard InChI is InChI=1S/C6H4N4O2/c11-6-10-9-5(12-6)4-1-2-7-8-3-4/h1-3H,(H,10,11). The zero-order chi connectivity index (χ0) is 8.39. The summed E-state index contributed by atoms with van der Waals surface area (Å²) in [5, 5.41) is 12.9. The summed E-state index contributed by atoms with van der Waals surface area (Å²) in [7, 11) is 0. The molecule has 0 aliphatic heterocycles. The minimum Gasteiger partial charge on any atom is -0.388 e. The second kappa shape index (κ2) is 2.57. The molecule has 0 spiro atoms. The van der Waals surface area contributed by atoms with E-state index in [1.54, 1.807) is 6.07 Å². The first-order chi connectivity index (χ1) is 5.86. The van der Waals surface area contributed by atoms with Gasteiger partial charge in [0.15, 0.2) is 0 Å². The lowest BCUT2D eigenvalue weighted by atomic mass is 10.3. The van der Waals surface area contributed by atoms with Crippen LogP contribution in [0.2, 0.25) is 0 Å². The zero-order valence-electron chi connectivity index (χ0n) is 5.89. The Labute approximate surface area is 66.3 Å². The van der Waals surface area contributed by atoms with E-state index in [4.69, 9.17) is 0 Å². The van der Waals surface area contributed by atoms with Crippen molar-refractivity contribution in [3.05, 3.63) is 29.0 Å². The summed E-state index contributed by atoms with van der Waals surface area (Å²) < 4.78 is 4.68. The number of rotatable bonds is 1. The maximum Gasteiger partial charge on any atom is 0.434 e. The molecule has 0 fully saturated rings. The molecule has 0 saturated carbocycles. The van der Waals surface area contributed by atoms with E-state index in [9.17, 15) is 4.79 Å². The fourth-order valence-electron chi connectivity index (χ4n) is 0.771. The summed E-state index contributed by atoms with van der Waals surface area (Å²) in [5.74, 6) is -0.364. The molecule has 0 amide bonds. The molecule has 12 heavy (non-hydrogen) atoms. The maximum atomic E-state index is 10.5. The van der Waals surface area contributed by atoms with Crippen LogP contribution in [0.25, 0.3) is 11.5 Å². The molecule has 2 aromatic heterocycles. The monoisotopic (exact) mass is 164 g/mol. The van der Waals surface area contributed by atoms with Crippen LogP contribution >= 0.6 is 0 Å². The van der Waals surface area contributed by atoms with Crippen LogP contribution in [0, 0.1) is 0 Å². The largest absolute Gasteiger partial charge is 0.434 e. The Hall–Kier alpha value is -1.98. The van der Waals surface area contributed by atoms with Crippen molar-refractivity contribution in [1.29, 1.82) is 0 Å². The lowest BCUT2D eigenvalue weighted by Gasteiger charge is -1.88. The van der Waals surface area contributed by atoms with E-state index in [-0.39, 0.29) is 5.89 Å². The van der Waals surface area contributed by atoms with Crippen LogP contribution in [0.1, 0.15) is 0 Å². The number of nitrogens with zero attached hydrogens (tertiary/aromatic N) is 3. The summed E-state index contributed by atoms with van der Waals surface area (Å²) in [4.78, 5) is 10.5. The smallest absolute Gasteiger partial charge is 0.388 e. The van der Waals surface area contributed by atoms with Gasteiger partial charge in [0.1, 0.15) is 0 Å². The molecule has 0 aliphatic rings. The molecule has 2 rings (SSSR count). The number of aromatic amines is 1. The molecule has 0 unspecified atom stereocenters. The number of H-pyrrole nitrogens is 1. The van der Waals surface area contributed by atoms with E-state index in [0.29, 0.717) is 5.56 Å². The van der Waals surface area contributed by atoms with Gasteiger partial charge in [-0.15, -0.1) is 5.10 Å². The van der Waals surface area contributed by atoms with Crippen LogP contribution < -0.4 is 5.76 Å².